The maximum absolute atomic E-state index is 11.5. The monoisotopic (exact) mass is 379 g/mol. The van der Waals surface area contributed by atoms with E-state index in [1.807, 2.05) is 18.2 Å². The van der Waals surface area contributed by atoms with Gasteiger partial charge in [0, 0.05) is 45.6 Å². The number of carbonyl (C=O) groups excluding carboxylic acids is 1. The second kappa shape index (κ2) is 7.94. The summed E-state index contributed by atoms with van der Waals surface area (Å²) < 4.78 is 0. The Bertz CT molecular complexity index is 859. The number of aryl methyl sites for hydroxylation is 1. The number of piperazine rings is 1. The molecule has 0 saturated carbocycles. The van der Waals surface area contributed by atoms with E-state index in [-0.39, 0.29) is 18.1 Å². The highest BCUT2D eigenvalue weighted by atomic mass is 16.3. The lowest BCUT2D eigenvalue weighted by Gasteiger charge is -2.44. The van der Waals surface area contributed by atoms with Crippen LogP contribution in [0.3, 0.4) is 0 Å². The van der Waals surface area contributed by atoms with E-state index in [4.69, 9.17) is 0 Å². The summed E-state index contributed by atoms with van der Waals surface area (Å²) in [6, 6.07) is 14.6. The van der Waals surface area contributed by atoms with Crippen molar-refractivity contribution in [1.29, 1.82) is 0 Å². The number of rotatable bonds is 3. The molecule has 1 amide bonds. The smallest absolute Gasteiger partial charge is 0.221 e. The van der Waals surface area contributed by atoms with Crippen molar-refractivity contribution in [2.75, 3.05) is 36.4 Å². The SMILES string of the molecule is CC(=O)Nc1ccccc1N1CCN(C2Cc3cccc(C)c3CC2O)CC1. The molecule has 1 saturated heterocycles. The third-order valence-electron chi connectivity index (χ3n) is 6.13. The number of benzene rings is 2. The van der Waals surface area contributed by atoms with Gasteiger partial charge in [-0.25, -0.2) is 0 Å². The molecule has 2 unspecified atom stereocenters. The fourth-order valence-electron chi connectivity index (χ4n) is 4.66. The Kier molecular flexibility index (Phi) is 5.38. The molecule has 1 aliphatic carbocycles. The fourth-order valence-corrected chi connectivity index (χ4v) is 4.66. The molecule has 4 rings (SSSR count). The quantitative estimate of drug-likeness (QED) is 0.861. The van der Waals surface area contributed by atoms with Gasteiger partial charge in [0.25, 0.3) is 0 Å². The van der Waals surface area contributed by atoms with Crippen LogP contribution in [0.2, 0.25) is 0 Å². The van der Waals surface area contributed by atoms with Crippen LogP contribution in [0, 0.1) is 6.92 Å². The summed E-state index contributed by atoms with van der Waals surface area (Å²) in [7, 11) is 0. The summed E-state index contributed by atoms with van der Waals surface area (Å²) in [5.74, 6) is -0.0506. The molecule has 1 heterocycles. The second-order valence-corrected chi connectivity index (χ2v) is 7.98. The number of hydrogen-bond donors (Lipinski definition) is 2. The topological polar surface area (TPSA) is 55.8 Å². The first kappa shape index (κ1) is 19.0. The molecule has 1 aliphatic heterocycles. The molecule has 2 aromatic carbocycles. The highest BCUT2D eigenvalue weighted by molar-refractivity contribution is 5.92. The van der Waals surface area contributed by atoms with Crippen molar-refractivity contribution in [3.8, 4) is 0 Å². The van der Waals surface area contributed by atoms with Crippen LogP contribution in [0.25, 0.3) is 0 Å². The average Bonchev–Trinajstić information content (AvgIpc) is 2.69. The lowest BCUT2D eigenvalue weighted by atomic mass is 9.83. The molecule has 5 nitrogen and oxygen atoms in total. The number of nitrogens with zero attached hydrogens (tertiary/aromatic N) is 2. The molecule has 28 heavy (non-hydrogen) atoms. The Labute approximate surface area is 167 Å². The van der Waals surface area contributed by atoms with E-state index >= 15 is 0 Å². The van der Waals surface area contributed by atoms with E-state index in [0.717, 1.165) is 50.4 Å². The lowest BCUT2D eigenvalue weighted by Crippen LogP contribution is -2.56. The van der Waals surface area contributed by atoms with Crippen molar-refractivity contribution < 1.29 is 9.90 Å². The van der Waals surface area contributed by atoms with Crippen molar-refractivity contribution in [1.82, 2.24) is 4.90 Å². The minimum absolute atomic E-state index is 0.0506. The molecule has 0 radical (unpaired) electrons. The molecule has 1 fully saturated rings. The average molecular weight is 380 g/mol. The van der Waals surface area contributed by atoms with E-state index in [1.165, 1.54) is 16.7 Å². The number of aliphatic hydroxyl groups is 1. The number of amides is 1. The zero-order valence-electron chi connectivity index (χ0n) is 16.7. The normalized spacial score (nSPS) is 22.6. The van der Waals surface area contributed by atoms with Crippen LogP contribution >= 0.6 is 0 Å². The van der Waals surface area contributed by atoms with Crippen LogP contribution in [0.15, 0.2) is 42.5 Å². The van der Waals surface area contributed by atoms with Crippen LogP contribution in [0.1, 0.15) is 23.6 Å². The standard InChI is InChI=1S/C23H29N3O2/c1-16-6-5-7-18-14-22(23(28)15-19(16)18)26-12-10-25(11-13-26)21-9-4-3-8-20(21)24-17(2)27/h3-9,22-23,28H,10-15H2,1-2H3,(H,24,27). The minimum atomic E-state index is -0.313. The zero-order chi connectivity index (χ0) is 19.7. The number of para-hydroxylation sites is 2. The molecule has 2 aliphatic rings. The van der Waals surface area contributed by atoms with Crippen LogP contribution in [0.5, 0.6) is 0 Å². The van der Waals surface area contributed by atoms with Crippen molar-refractivity contribution in [3.63, 3.8) is 0 Å². The van der Waals surface area contributed by atoms with Gasteiger partial charge in [0.15, 0.2) is 0 Å². The van der Waals surface area contributed by atoms with E-state index in [1.54, 1.807) is 6.92 Å². The van der Waals surface area contributed by atoms with Crippen molar-refractivity contribution >= 4 is 17.3 Å². The molecule has 2 N–H and O–H groups in total. The molecule has 5 heteroatoms. The van der Waals surface area contributed by atoms with Gasteiger partial charge in [0.05, 0.1) is 17.5 Å². The van der Waals surface area contributed by atoms with Crippen LogP contribution in [0.4, 0.5) is 11.4 Å². The van der Waals surface area contributed by atoms with Gasteiger partial charge in [-0.1, -0.05) is 30.3 Å². The fraction of sp³-hybridized carbons (Fsp3) is 0.435. The predicted octanol–water partition coefficient (Wildman–Crippen LogP) is 2.60. The Morgan fingerprint density at radius 3 is 2.54 bits per heavy atom. The van der Waals surface area contributed by atoms with Gasteiger partial charge in [-0.05, 0) is 42.2 Å². The van der Waals surface area contributed by atoms with Gasteiger partial charge in [0.2, 0.25) is 5.91 Å². The summed E-state index contributed by atoms with van der Waals surface area (Å²) in [4.78, 5) is 16.3. The second-order valence-electron chi connectivity index (χ2n) is 7.98. The van der Waals surface area contributed by atoms with Gasteiger partial charge in [-0.3, -0.25) is 9.69 Å². The van der Waals surface area contributed by atoms with Gasteiger partial charge >= 0.3 is 0 Å². The third-order valence-corrected chi connectivity index (χ3v) is 6.13. The van der Waals surface area contributed by atoms with Gasteiger partial charge in [0.1, 0.15) is 0 Å². The van der Waals surface area contributed by atoms with Crippen molar-refractivity contribution in [2.45, 2.75) is 38.8 Å². The number of carbonyl (C=O) groups is 1. The van der Waals surface area contributed by atoms with Crippen LogP contribution in [-0.4, -0.2) is 54.2 Å². The Hall–Kier alpha value is -2.37. The van der Waals surface area contributed by atoms with E-state index in [2.05, 4.69) is 46.3 Å². The highest BCUT2D eigenvalue weighted by Gasteiger charge is 2.34. The molecular formula is C23H29N3O2. The molecular weight excluding hydrogens is 350 g/mol. The number of anilines is 2. The Balaban J connectivity index is 1.44. The largest absolute Gasteiger partial charge is 0.391 e. The minimum Gasteiger partial charge on any atom is -0.391 e. The first-order valence-electron chi connectivity index (χ1n) is 10.1. The summed E-state index contributed by atoms with van der Waals surface area (Å²) in [6.07, 6.45) is 1.35. The molecule has 0 bridgehead atoms. The van der Waals surface area contributed by atoms with Gasteiger partial charge in [-0.15, -0.1) is 0 Å². The Morgan fingerprint density at radius 1 is 1.04 bits per heavy atom. The molecule has 0 aromatic heterocycles. The molecule has 148 valence electrons. The summed E-state index contributed by atoms with van der Waals surface area (Å²) in [6.45, 7) is 7.28. The van der Waals surface area contributed by atoms with Crippen molar-refractivity contribution in [2.24, 2.45) is 0 Å². The van der Waals surface area contributed by atoms with Crippen molar-refractivity contribution in [3.05, 3.63) is 59.2 Å². The zero-order valence-corrected chi connectivity index (χ0v) is 16.7. The molecule has 2 aromatic rings. The maximum Gasteiger partial charge on any atom is 0.221 e. The Morgan fingerprint density at radius 2 is 1.79 bits per heavy atom. The lowest BCUT2D eigenvalue weighted by molar-refractivity contribution is -0.114. The van der Waals surface area contributed by atoms with Gasteiger partial charge < -0.3 is 15.3 Å². The van der Waals surface area contributed by atoms with Gasteiger partial charge in [-0.2, -0.15) is 0 Å². The van der Waals surface area contributed by atoms with E-state index in [9.17, 15) is 9.90 Å². The number of nitrogens with one attached hydrogen (secondary N) is 1. The molecule has 2 atom stereocenters. The van der Waals surface area contributed by atoms with Crippen LogP contribution in [-0.2, 0) is 17.6 Å². The van der Waals surface area contributed by atoms with Crippen LogP contribution < -0.4 is 10.2 Å². The summed E-state index contributed by atoms with van der Waals surface area (Å²) in [5, 5.41) is 13.8. The first-order valence-corrected chi connectivity index (χ1v) is 10.1. The highest BCUT2D eigenvalue weighted by Crippen LogP contribution is 2.30. The first-order chi connectivity index (χ1) is 13.5. The van der Waals surface area contributed by atoms with E-state index in [0.29, 0.717) is 0 Å². The summed E-state index contributed by atoms with van der Waals surface area (Å²) in [5.41, 5.74) is 5.94. The maximum atomic E-state index is 11.5. The summed E-state index contributed by atoms with van der Waals surface area (Å²) >= 11 is 0. The van der Waals surface area contributed by atoms with E-state index < -0.39 is 0 Å². The number of fused-ring (bicyclic) bond motifs is 1. The predicted molar refractivity (Wildman–Crippen MR) is 113 cm³/mol. The molecule has 0 spiro atoms. The number of aliphatic hydroxyl groups excluding tert-OH is 1. The number of hydrogen-bond acceptors (Lipinski definition) is 4. The third kappa shape index (κ3) is 3.77.